The summed E-state index contributed by atoms with van der Waals surface area (Å²) in [6.07, 6.45) is 0. The molecule has 0 saturated heterocycles. The molecular formula is C20H22BrClN2O3. The third-order valence-electron chi connectivity index (χ3n) is 3.95. The molecule has 1 N–H and O–H groups in total. The first-order valence-corrected chi connectivity index (χ1v) is 9.78. The second-order valence-corrected chi connectivity index (χ2v) is 7.26. The van der Waals surface area contributed by atoms with Gasteiger partial charge >= 0.3 is 0 Å². The van der Waals surface area contributed by atoms with Crippen LogP contribution >= 0.6 is 27.5 Å². The van der Waals surface area contributed by atoms with Gasteiger partial charge in [0.2, 0.25) is 5.91 Å². The van der Waals surface area contributed by atoms with E-state index < -0.39 is 6.04 Å². The lowest BCUT2D eigenvalue weighted by Gasteiger charge is -2.28. The summed E-state index contributed by atoms with van der Waals surface area (Å²) in [7, 11) is 0. The van der Waals surface area contributed by atoms with E-state index >= 15 is 0 Å². The fourth-order valence-corrected chi connectivity index (χ4v) is 3.16. The maximum atomic E-state index is 12.8. The standard InChI is InChI=1S/C20H22BrClN2O3/c1-3-23-20(26)14(2)24(12-15-7-6-8-16(21)11-15)19(25)13-27-18-10-5-4-9-17(18)22/h4-11,14H,3,12-13H2,1-2H3,(H,23,26)/t14-/m0/s1. The second-order valence-electron chi connectivity index (χ2n) is 5.94. The number of nitrogens with one attached hydrogen (secondary N) is 1. The zero-order chi connectivity index (χ0) is 19.8. The topological polar surface area (TPSA) is 58.6 Å². The highest BCUT2D eigenvalue weighted by Gasteiger charge is 2.26. The molecule has 27 heavy (non-hydrogen) atoms. The number of hydrogen-bond acceptors (Lipinski definition) is 3. The average molecular weight is 454 g/mol. The third kappa shape index (κ3) is 6.26. The maximum Gasteiger partial charge on any atom is 0.261 e. The normalized spacial score (nSPS) is 11.6. The number of carbonyl (C=O) groups is 2. The fraction of sp³-hybridized carbons (Fsp3) is 0.300. The van der Waals surface area contributed by atoms with E-state index in [1.54, 1.807) is 31.2 Å². The van der Waals surface area contributed by atoms with Crippen molar-refractivity contribution in [3.8, 4) is 5.75 Å². The molecule has 0 unspecified atom stereocenters. The molecule has 144 valence electrons. The summed E-state index contributed by atoms with van der Waals surface area (Å²) in [5.74, 6) is -0.0761. The molecule has 0 heterocycles. The Morgan fingerprint density at radius 1 is 1.22 bits per heavy atom. The summed E-state index contributed by atoms with van der Waals surface area (Å²) in [6, 6.07) is 13.9. The third-order valence-corrected chi connectivity index (χ3v) is 4.75. The van der Waals surface area contributed by atoms with Crippen LogP contribution in [0.25, 0.3) is 0 Å². The first-order chi connectivity index (χ1) is 12.9. The van der Waals surface area contributed by atoms with Gasteiger partial charge in [0, 0.05) is 17.6 Å². The van der Waals surface area contributed by atoms with E-state index in [1.165, 1.54) is 4.90 Å². The minimum absolute atomic E-state index is 0.207. The molecule has 1 atom stereocenters. The van der Waals surface area contributed by atoms with Gasteiger partial charge in [-0.15, -0.1) is 0 Å². The summed E-state index contributed by atoms with van der Waals surface area (Å²) >= 11 is 9.50. The lowest BCUT2D eigenvalue weighted by molar-refractivity contribution is -0.142. The van der Waals surface area contributed by atoms with Gasteiger partial charge in [-0.1, -0.05) is 51.8 Å². The molecule has 0 aromatic heterocycles. The molecule has 0 spiro atoms. The molecule has 2 aromatic rings. The number of hydrogen-bond donors (Lipinski definition) is 1. The number of carbonyl (C=O) groups excluding carboxylic acids is 2. The lowest BCUT2D eigenvalue weighted by Crippen LogP contribution is -2.49. The summed E-state index contributed by atoms with van der Waals surface area (Å²) < 4.78 is 6.47. The highest BCUT2D eigenvalue weighted by molar-refractivity contribution is 9.10. The van der Waals surface area contributed by atoms with Gasteiger partial charge in [-0.3, -0.25) is 9.59 Å². The van der Waals surface area contributed by atoms with Crippen molar-refractivity contribution in [3.05, 3.63) is 63.6 Å². The van der Waals surface area contributed by atoms with E-state index in [1.807, 2.05) is 31.2 Å². The molecule has 5 nitrogen and oxygen atoms in total. The number of rotatable bonds is 8. The minimum atomic E-state index is -0.633. The van der Waals surface area contributed by atoms with E-state index in [2.05, 4.69) is 21.2 Å². The molecule has 7 heteroatoms. The highest BCUT2D eigenvalue weighted by atomic mass is 79.9. The predicted molar refractivity (Wildman–Crippen MR) is 110 cm³/mol. The van der Waals surface area contributed by atoms with Crippen molar-refractivity contribution in [3.63, 3.8) is 0 Å². The van der Waals surface area contributed by atoms with Crippen LogP contribution in [-0.2, 0) is 16.1 Å². The second kappa shape index (κ2) is 10.3. The van der Waals surface area contributed by atoms with Crippen LogP contribution in [0.1, 0.15) is 19.4 Å². The number of nitrogens with zero attached hydrogens (tertiary/aromatic N) is 1. The van der Waals surface area contributed by atoms with Gasteiger partial charge in [-0.2, -0.15) is 0 Å². The first-order valence-electron chi connectivity index (χ1n) is 8.61. The van der Waals surface area contributed by atoms with Crippen LogP contribution in [0.15, 0.2) is 53.0 Å². The largest absolute Gasteiger partial charge is 0.482 e. The summed E-state index contributed by atoms with van der Waals surface area (Å²) in [5.41, 5.74) is 0.909. The Morgan fingerprint density at radius 2 is 1.96 bits per heavy atom. The van der Waals surface area contributed by atoms with Gasteiger partial charge in [-0.05, 0) is 43.7 Å². The van der Waals surface area contributed by atoms with Gasteiger partial charge in [0.1, 0.15) is 11.8 Å². The maximum absolute atomic E-state index is 12.8. The molecule has 0 aliphatic heterocycles. The number of benzene rings is 2. The van der Waals surface area contributed by atoms with Crippen molar-refractivity contribution < 1.29 is 14.3 Å². The number of likely N-dealkylation sites (N-methyl/N-ethyl adjacent to an activating group) is 1. The Hall–Kier alpha value is -2.05. The van der Waals surface area contributed by atoms with Crippen LogP contribution in [0.2, 0.25) is 5.02 Å². The molecule has 0 radical (unpaired) electrons. The summed E-state index contributed by atoms with van der Waals surface area (Å²) in [4.78, 5) is 26.6. The zero-order valence-electron chi connectivity index (χ0n) is 15.2. The number of amides is 2. The van der Waals surface area contributed by atoms with Crippen LogP contribution in [0.5, 0.6) is 5.75 Å². The summed E-state index contributed by atoms with van der Waals surface area (Å²) in [6.45, 7) is 4.13. The van der Waals surface area contributed by atoms with Gasteiger partial charge in [0.05, 0.1) is 5.02 Å². The number of para-hydroxylation sites is 1. The summed E-state index contributed by atoms with van der Waals surface area (Å²) in [5, 5.41) is 3.19. The highest BCUT2D eigenvalue weighted by Crippen LogP contribution is 2.23. The van der Waals surface area contributed by atoms with E-state index in [0.29, 0.717) is 23.9 Å². The van der Waals surface area contributed by atoms with Gasteiger partial charge in [-0.25, -0.2) is 0 Å². The van der Waals surface area contributed by atoms with E-state index in [4.69, 9.17) is 16.3 Å². The Morgan fingerprint density at radius 3 is 2.63 bits per heavy atom. The van der Waals surface area contributed by atoms with Crippen LogP contribution in [0.4, 0.5) is 0 Å². The quantitative estimate of drug-likeness (QED) is 0.656. The Labute approximate surface area is 172 Å². The molecule has 0 bridgehead atoms. The van der Waals surface area contributed by atoms with E-state index in [-0.39, 0.29) is 18.4 Å². The Kier molecular flexibility index (Phi) is 8.13. The van der Waals surface area contributed by atoms with E-state index in [9.17, 15) is 9.59 Å². The van der Waals surface area contributed by atoms with Crippen LogP contribution < -0.4 is 10.1 Å². The van der Waals surface area contributed by atoms with Crippen molar-refractivity contribution in [2.24, 2.45) is 0 Å². The molecule has 0 aliphatic rings. The predicted octanol–water partition coefficient (Wildman–Crippen LogP) is 4.03. The Balaban J connectivity index is 2.15. The molecular weight excluding hydrogens is 432 g/mol. The molecule has 0 fully saturated rings. The van der Waals surface area contributed by atoms with Crippen molar-refractivity contribution in [2.45, 2.75) is 26.4 Å². The lowest BCUT2D eigenvalue weighted by atomic mass is 10.1. The van der Waals surface area contributed by atoms with Gasteiger partial charge in [0.25, 0.3) is 5.91 Å². The van der Waals surface area contributed by atoms with Crippen molar-refractivity contribution in [1.82, 2.24) is 10.2 Å². The minimum Gasteiger partial charge on any atom is -0.482 e. The molecule has 0 aliphatic carbocycles. The fourth-order valence-electron chi connectivity index (χ4n) is 2.52. The van der Waals surface area contributed by atoms with Crippen molar-refractivity contribution in [2.75, 3.05) is 13.2 Å². The molecule has 2 amide bonds. The molecule has 2 rings (SSSR count). The number of halogens is 2. The smallest absolute Gasteiger partial charge is 0.261 e. The van der Waals surface area contributed by atoms with Crippen molar-refractivity contribution in [1.29, 1.82) is 0 Å². The molecule has 2 aromatic carbocycles. The van der Waals surface area contributed by atoms with Crippen molar-refractivity contribution >= 4 is 39.3 Å². The molecule has 0 saturated carbocycles. The van der Waals surface area contributed by atoms with Crippen LogP contribution in [0.3, 0.4) is 0 Å². The number of ether oxygens (including phenoxy) is 1. The Bertz CT molecular complexity index is 800. The SMILES string of the molecule is CCNC(=O)[C@H](C)N(Cc1cccc(Br)c1)C(=O)COc1ccccc1Cl. The van der Waals surface area contributed by atoms with Crippen LogP contribution in [0, 0.1) is 0 Å². The van der Waals surface area contributed by atoms with Crippen LogP contribution in [-0.4, -0.2) is 35.9 Å². The average Bonchev–Trinajstić information content (AvgIpc) is 2.65. The zero-order valence-corrected chi connectivity index (χ0v) is 17.6. The van der Waals surface area contributed by atoms with Gasteiger partial charge < -0.3 is 15.0 Å². The van der Waals surface area contributed by atoms with E-state index in [0.717, 1.165) is 10.0 Å². The first kappa shape index (κ1) is 21.3. The van der Waals surface area contributed by atoms with Gasteiger partial charge in [0.15, 0.2) is 6.61 Å². The monoisotopic (exact) mass is 452 g/mol.